The first kappa shape index (κ1) is 62.2. The summed E-state index contributed by atoms with van der Waals surface area (Å²) in [5.74, 6) is 2.16. The van der Waals surface area contributed by atoms with Gasteiger partial charge in [0, 0.05) is 106 Å². The maximum atomic E-state index is 13.4. The van der Waals surface area contributed by atoms with Crippen molar-refractivity contribution < 1.29 is 47.5 Å². The Morgan fingerprint density at radius 2 is 0.941 bits per heavy atom. The van der Waals surface area contributed by atoms with Crippen LogP contribution in [0.4, 0.5) is 9.59 Å². The number of hydrogen-bond donors (Lipinski definition) is 0. The van der Waals surface area contributed by atoms with Crippen LogP contribution >= 0.6 is 15.9 Å². The zero-order valence-electron chi connectivity index (χ0n) is 50.3. The van der Waals surface area contributed by atoms with Gasteiger partial charge in [-0.05, 0) is 134 Å². The first-order chi connectivity index (χ1) is 40.4. The topological polar surface area (TPSA) is 224 Å². The molecule has 0 N–H and O–H groups in total. The van der Waals surface area contributed by atoms with Gasteiger partial charge in [0.2, 0.25) is 0 Å². The summed E-state index contributed by atoms with van der Waals surface area (Å²) in [6.07, 6.45) is 9.12. The summed E-state index contributed by atoms with van der Waals surface area (Å²) in [6, 6.07) is 14.0. The maximum Gasteiger partial charge on any atom is 0.410 e. The molecular weight excluding hydrogens is 1160 g/mol. The molecule has 0 spiro atoms. The molecule has 0 unspecified atom stereocenters. The molecule has 4 aliphatic rings. The molecule has 23 heteroatoms. The molecule has 10 rings (SSSR count). The summed E-state index contributed by atoms with van der Waals surface area (Å²) in [5.41, 5.74) is 3.11. The van der Waals surface area contributed by atoms with E-state index < -0.39 is 16.8 Å². The van der Waals surface area contributed by atoms with Gasteiger partial charge >= 0.3 is 18.2 Å². The number of amides is 2. The van der Waals surface area contributed by atoms with Crippen LogP contribution in [0.15, 0.2) is 87.4 Å². The lowest BCUT2D eigenvalue weighted by Gasteiger charge is -2.39. The van der Waals surface area contributed by atoms with Crippen LogP contribution in [0, 0.1) is 0 Å². The quantitative estimate of drug-likeness (QED) is 0.0735. The van der Waals surface area contributed by atoms with Gasteiger partial charge in [-0.2, -0.15) is 0 Å². The fourth-order valence-electron chi connectivity index (χ4n) is 10.7. The molecule has 6 aromatic rings. The summed E-state index contributed by atoms with van der Waals surface area (Å²) < 4.78 is 44.0. The lowest BCUT2D eigenvalue weighted by molar-refractivity contribution is -0.153. The number of ether oxygens (including phenoxy) is 7. The smallest absolute Gasteiger partial charge is 0.410 e. The standard InChI is InChI=1S/C34H45N5O7.C28H34BrN5O5/c1-33(2,3)45-31(41)18-23-17-27-26(36-20-23)7-8-30(40)38(27)14-13-37-11-9-25(10-12-37)39(32(42)46-34(4,5)6)22-24-19-28-29(21-35-24)44-16-15-43-28;1-28(2,3)39-27(36)34(18-20-15-24-25(17-30-20)38-13-12-37-24)21-6-8-32(9-7-21)10-11-33-23-14-19(29)16-31-22(23)4-5-26(33)35/h7-8,17,19-21,25H,9-16,18,22H2,1-6H3;4-5,14-17,21H,6-13,18H2,1-3H3. The lowest BCUT2D eigenvalue weighted by atomic mass is 10.0. The maximum absolute atomic E-state index is 13.4. The predicted molar refractivity (Wildman–Crippen MR) is 322 cm³/mol. The minimum atomic E-state index is -0.635. The van der Waals surface area contributed by atoms with E-state index in [0.29, 0.717) is 104 Å². The van der Waals surface area contributed by atoms with E-state index in [-0.39, 0.29) is 47.8 Å². The van der Waals surface area contributed by atoms with Crippen LogP contribution in [0.2, 0.25) is 0 Å². The molecule has 2 fully saturated rings. The minimum Gasteiger partial charge on any atom is -0.486 e. The van der Waals surface area contributed by atoms with Crippen LogP contribution in [0.3, 0.4) is 0 Å². The van der Waals surface area contributed by atoms with Crippen LogP contribution in [-0.2, 0) is 51.6 Å². The van der Waals surface area contributed by atoms with Crippen molar-refractivity contribution in [3.63, 3.8) is 0 Å². The Morgan fingerprint density at radius 3 is 1.38 bits per heavy atom. The molecule has 0 atom stereocenters. The zero-order chi connectivity index (χ0) is 60.6. The monoisotopic (exact) mass is 1230 g/mol. The molecule has 2 saturated heterocycles. The molecule has 6 aromatic heterocycles. The van der Waals surface area contributed by atoms with Crippen LogP contribution in [0.1, 0.15) is 105 Å². The SMILES string of the molecule is CC(C)(C)OC(=O)Cc1cnc2ccc(=O)n(CCN3CCC(N(Cc4cc5c(cn4)OCCO5)C(=O)OC(C)(C)C)CC3)c2c1.CC(C)(C)OC(=O)N(Cc1cc2c(cn1)OCCO2)C1CCN(CCn2c(=O)ccc3ncc(Br)cc32)CC1. The Bertz CT molecular complexity index is 3470. The highest BCUT2D eigenvalue weighted by Crippen LogP contribution is 2.33. The normalized spacial score (nSPS) is 16.1. The average molecular weight is 1240 g/mol. The number of fused-ring (bicyclic) bond motifs is 4. The first-order valence-corrected chi connectivity index (χ1v) is 30.0. The number of hydrogen-bond acceptors (Lipinski definition) is 18. The van der Waals surface area contributed by atoms with Crippen molar-refractivity contribution in [2.75, 3.05) is 65.7 Å². The number of rotatable bonds is 14. The van der Waals surface area contributed by atoms with E-state index in [1.165, 1.54) is 6.07 Å². The second-order valence-electron chi connectivity index (χ2n) is 24.7. The Balaban J connectivity index is 0.000000206. The van der Waals surface area contributed by atoms with Gasteiger partial charge in [-0.1, -0.05) is 0 Å². The minimum absolute atomic E-state index is 0.00605. The van der Waals surface area contributed by atoms with Crippen molar-refractivity contribution in [2.45, 2.75) is 149 Å². The van der Waals surface area contributed by atoms with Crippen LogP contribution in [0.25, 0.3) is 22.1 Å². The van der Waals surface area contributed by atoms with E-state index in [0.717, 1.165) is 79.6 Å². The van der Waals surface area contributed by atoms with Gasteiger partial charge in [0.15, 0.2) is 23.0 Å². The highest BCUT2D eigenvalue weighted by Gasteiger charge is 2.34. The average Bonchev–Trinajstić information content (AvgIpc) is 3.32. The van der Waals surface area contributed by atoms with E-state index in [1.54, 1.807) is 61.9 Å². The highest BCUT2D eigenvalue weighted by atomic mass is 79.9. The van der Waals surface area contributed by atoms with E-state index in [4.69, 9.17) is 33.2 Å². The summed E-state index contributed by atoms with van der Waals surface area (Å²) in [4.78, 5) is 90.9. The Morgan fingerprint density at radius 1 is 0.529 bits per heavy atom. The molecule has 0 aromatic carbocycles. The molecule has 0 saturated carbocycles. The third-order valence-corrected chi connectivity index (χ3v) is 15.1. The molecular formula is C62H79BrN10O12. The fraction of sp³-hybridized carbons (Fsp3) is 0.532. The molecule has 2 amide bonds. The third kappa shape index (κ3) is 17.2. The Hall–Kier alpha value is -7.37. The number of piperidine rings is 2. The van der Waals surface area contributed by atoms with Gasteiger partial charge in [-0.15, -0.1) is 0 Å². The molecule has 0 radical (unpaired) electrons. The fourth-order valence-corrected chi connectivity index (χ4v) is 11.0. The van der Waals surface area contributed by atoms with Gasteiger partial charge in [0.25, 0.3) is 11.1 Å². The number of halogens is 1. The van der Waals surface area contributed by atoms with E-state index in [9.17, 15) is 24.0 Å². The predicted octanol–water partition coefficient (Wildman–Crippen LogP) is 8.58. The van der Waals surface area contributed by atoms with E-state index in [2.05, 4.69) is 45.7 Å². The van der Waals surface area contributed by atoms with Gasteiger partial charge in [-0.25, -0.2) is 9.59 Å². The molecule has 22 nitrogen and oxygen atoms in total. The Kier molecular flexibility index (Phi) is 19.7. The second-order valence-corrected chi connectivity index (χ2v) is 25.6. The third-order valence-electron chi connectivity index (χ3n) is 14.6. The first-order valence-electron chi connectivity index (χ1n) is 29.2. The van der Waals surface area contributed by atoms with Crippen LogP contribution < -0.4 is 30.1 Å². The number of carbonyl (C=O) groups excluding carboxylic acids is 3. The number of esters is 1. The van der Waals surface area contributed by atoms with Crippen molar-refractivity contribution in [3.8, 4) is 23.0 Å². The van der Waals surface area contributed by atoms with E-state index >= 15 is 0 Å². The molecule has 456 valence electrons. The van der Waals surface area contributed by atoms with Crippen molar-refractivity contribution in [1.29, 1.82) is 0 Å². The van der Waals surface area contributed by atoms with Crippen LogP contribution in [-0.4, -0.2) is 161 Å². The number of carbonyl (C=O) groups is 3. The van der Waals surface area contributed by atoms with E-state index in [1.807, 2.05) is 86.6 Å². The number of aromatic nitrogens is 6. The summed E-state index contributed by atoms with van der Waals surface area (Å²) in [5, 5.41) is 0. The molecule has 4 aliphatic heterocycles. The van der Waals surface area contributed by atoms with Crippen molar-refractivity contribution in [2.24, 2.45) is 0 Å². The largest absolute Gasteiger partial charge is 0.486 e. The number of likely N-dealkylation sites (tertiary alicyclic amines) is 2. The highest BCUT2D eigenvalue weighted by molar-refractivity contribution is 9.10. The van der Waals surface area contributed by atoms with Crippen LogP contribution in [0.5, 0.6) is 23.0 Å². The molecule has 85 heavy (non-hydrogen) atoms. The summed E-state index contributed by atoms with van der Waals surface area (Å²) in [7, 11) is 0. The number of nitrogens with zero attached hydrogens (tertiary/aromatic N) is 10. The molecule has 10 heterocycles. The number of pyridine rings is 6. The van der Waals surface area contributed by atoms with Gasteiger partial charge < -0.3 is 52.1 Å². The van der Waals surface area contributed by atoms with Crippen molar-refractivity contribution in [1.82, 2.24) is 48.7 Å². The van der Waals surface area contributed by atoms with Crippen molar-refractivity contribution >= 4 is 56.2 Å². The summed E-state index contributed by atoms with van der Waals surface area (Å²) >= 11 is 3.46. The molecule has 0 bridgehead atoms. The summed E-state index contributed by atoms with van der Waals surface area (Å²) in [6.45, 7) is 24.8. The zero-order valence-corrected chi connectivity index (χ0v) is 51.9. The van der Waals surface area contributed by atoms with Gasteiger partial charge in [0.05, 0.1) is 65.4 Å². The molecule has 0 aliphatic carbocycles. The van der Waals surface area contributed by atoms with Gasteiger partial charge in [-0.3, -0.25) is 44.1 Å². The van der Waals surface area contributed by atoms with Crippen molar-refractivity contribution in [3.05, 3.63) is 115 Å². The second kappa shape index (κ2) is 26.9. The lowest BCUT2D eigenvalue weighted by Crippen LogP contribution is -2.49. The Labute approximate surface area is 503 Å². The van der Waals surface area contributed by atoms with Gasteiger partial charge in [0.1, 0.15) is 43.2 Å².